The van der Waals surface area contributed by atoms with Crippen molar-refractivity contribution in [2.24, 2.45) is 5.41 Å². The normalized spacial score (nSPS) is 17.2. The summed E-state index contributed by atoms with van der Waals surface area (Å²) < 4.78 is 11.9. The van der Waals surface area contributed by atoms with Crippen LogP contribution in [0.25, 0.3) is 10.9 Å². The van der Waals surface area contributed by atoms with Crippen molar-refractivity contribution in [1.82, 2.24) is 9.78 Å². The summed E-state index contributed by atoms with van der Waals surface area (Å²) in [5.74, 6) is 0.278. The minimum Gasteiger partial charge on any atom is -0.497 e. The van der Waals surface area contributed by atoms with E-state index in [1.807, 2.05) is 18.2 Å². The maximum Gasteiger partial charge on any atom is 0.263 e. The van der Waals surface area contributed by atoms with E-state index in [0.29, 0.717) is 43.0 Å². The summed E-state index contributed by atoms with van der Waals surface area (Å²) in [6.45, 7) is 2.76. The van der Waals surface area contributed by atoms with Crippen LogP contribution in [0, 0.1) is 5.41 Å². The van der Waals surface area contributed by atoms with Crippen LogP contribution in [0.2, 0.25) is 0 Å². The summed E-state index contributed by atoms with van der Waals surface area (Å²) in [5, 5.41) is 7.94. The van der Waals surface area contributed by atoms with E-state index in [1.165, 1.54) is 4.68 Å². The zero-order chi connectivity index (χ0) is 22.3. The molecule has 2 aliphatic rings. The average molecular weight is 435 g/mol. The lowest BCUT2D eigenvalue weighted by Crippen LogP contribution is -2.36. The predicted molar refractivity (Wildman–Crippen MR) is 121 cm³/mol. The number of nitrogen functional groups attached to an aromatic ring is 1. The van der Waals surface area contributed by atoms with E-state index in [9.17, 15) is 9.59 Å². The molecule has 9 heteroatoms. The summed E-state index contributed by atoms with van der Waals surface area (Å²) in [7, 11) is 1.58. The summed E-state index contributed by atoms with van der Waals surface area (Å²) in [6.07, 6.45) is 0.941. The highest BCUT2D eigenvalue weighted by molar-refractivity contribution is 6.16. The number of rotatable bonds is 5. The molecule has 2 aromatic carbocycles. The molecule has 9 nitrogen and oxygen atoms in total. The van der Waals surface area contributed by atoms with Gasteiger partial charge in [0.15, 0.2) is 5.82 Å². The van der Waals surface area contributed by atoms with Crippen LogP contribution in [0.3, 0.4) is 0 Å². The molecule has 0 spiro atoms. The van der Waals surface area contributed by atoms with Crippen LogP contribution < -0.4 is 20.7 Å². The number of morpholine rings is 1. The van der Waals surface area contributed by atoms with Crippen molar-refractivity contribution in [3.8, 4) is 5.75 Å². The molecule has 1 aliphatic heterocycles. The molecule has 1 amide bonds. The van der Waals surface area contributed by atoms with Crippen molar-refractivity contribution in [3.63, 3.8) is 0 Å². The van der Waals surface area contributed by atoms with Gasteiger partial charge in [0, 0.05) is 18.8 Å². The number of benzene rings is 2. The molecule has 32 heavy (non-hydrogen) atoms. The lowest BCUT2D eigenvalue weighted by molar-refractivity contribution is -0.119. The minimum atomic E-state index is -1.14. The third kappa shape index (κ3) is 3.34. The Labute approximate surface area is 185 Å². The van der Waals surface area contributed by atoms with Crippen LogP contribution in [0.5, 0.6) is 5.75 Å². The smallest absolute Gasteiger partial charge is 0.263 e. The number of hydrogen-bond donors (Lipinski definition) is 2. The first-order valence-corrected chi connectivity index (χ1v) is 10.6. The molecule has 0 unspecified atom stereocenters. The fourth-order valence-corrected chi connectivity index (χ4v) is 4.19. The molecule has 1 saturated carbocycles. The first kappa shape index (κ1) is 20.3. The quantitative estimate of drug-likeness (QED) is 0.592. The third-order valence-corrected chi connectivity index (χ3v) is 6.20. The molecular formula is C23H25N5O4. The van der Waals surface area contributed by atoms with Crippen molar-refractivity contribution in [3.05, 3.63) is 42.5 Å². The van der Waals surface area contributed by atoms with E-state index in [1.54, 1.807) is 31.4 Å². The van der Waals surface area contributed by atoms with Gasteiger partial charge in [0.1, 0.15) is 11.2 Å². The topological polar surface area (TPSA) is 112 Å². The lowest BCUT2D eigenvalue weighted by atomic mass is 10.0. The predicted octanol–water partition coefficient (Wildman–Crippen LogP) is 2.52. The second-order valence-corrected chi connectivity index (χ2v) is 8.14. The molecule has 166 valence electrons. The highest BCUT2D eigenvalue weighted by atomic mass is 16.5. The van der Waals surface area contributed by atoms with Gasteiger partial charge in [-0.25, -0.2) is 0 Å². The van der Waals surface area contributed by atoms with Gasteiger partial charge in [-0.1, -0.05) is 6.07 Å². The Morgan fingerprint density at radius 2 is 1.84 bits per heavy atom. The van der Waals surface area contributed by atoms with Crippen LogP contribution >= 0.6 is 0 Å². The lowest BCUT2D eigenvalue weighted by Gasteiger charge is -2.29. The van der Waals surface area contributed by atoms with E-state index in [-0.39, 0.29) is 17.6 Å². The molecule has 5 rings (SSSR count). The van der Waals surface area contributed by atoms with E-state index in [4.69, 9.17) is 15.2 Å². The standard InChI is InChI=1S/C23H25N5O4/c1-31-16-7-5-15(6-8-16)25-21(29)23(9-10-23)22(30)28-18-4-2-3-17(19(18)20(24)26-28)27-11-13-32-14-12-27/h2-8H,9-14H2,1H3,(H2,24,26)(H,25,29). The molecule has 1 saturated heterocycles. The monoisotopic (exact) mass is 435 g/mol. The van der Waals surface area contributed by atoms with Crippen molar-refractivity contribution < 1.29 is 19.1 Å². The summed E-state index contributed by atoms with van der Waals surface area (Å²) in [6, 6.07) is 12.7. The number of methoxy groups -OCH3 is 1. The van der Waals surface area contributed by atoms with Gasteiger partial charge in [0.25, 0.3) is 5.91 Å². The van der Waals surface area contributed by atoms with Gasteiger partial charge < -0.3 is 25.4 Å². The number of amides is 1. The largest absolute Gasteiger partial charge is 0.497 e. The molecule has 0 atom stereocenters. The number of carbonyl (C=O) groups is 2. The number of nitrogens with zero attached hydrogens (tertiary/aromatic N) is 3. The number of hydrogen-bond acceptors (Lipinski definition) is 7. The Bertz CT molecular complexity index is 1180. The highest BCUT2D eigenvalue weighted by Gasteiger charge is 2.58. The second-order valence-electron chi connectivity index (χ2n) is 8.14. The molecule has 3 N–H and O–H groups in total. The number of aromatic nitrogens is 2. The van der Waals surface area contributed by atoms with Crippen molar-refractivity contribution >= 4 is 39.9 Å². The summed E-state index contributed by atoms with van der Waals surface area (Å²) in [5.41, 5.74) is 7.26. The van der Waals surface area contributed by atoms with E-state index in [0.717, 1.165) is 24.2 Å². The first-order chi connectivity index (χ1) is 15.5. The van der Waals surface area contributed by atoms with Crippen LogP contribution in [0.1, 0.15) is 17.6 Å². The second kappa shape index (κ2) is 7.83. The first-order valence-electron chi connectivity index (χ1n) is 10.6. The molecule has 2 fully saturated rings. The van der Waals surface area contributed by atoms with Crippen molar-refractivity contribution in [2.75, 3.05) is 49.4 Å². The number of nitrogens with one attached hydrogen (secondary N) is 1. The van der Waals surface area contributed by atoms with Gasteiger partial charge in [0.2, 0.25) is 5.91 Å². The SMILES string of the molecule is COc1ccc(NC(=O)C2(C(=O)n3nc(N)c4c(N5CCOCC5)cccc43)CC2)cc1. The summed E-state index contributed by atoms with van der Waals surface area (Å²) >= 11 is 0. The highest BCUT2D eigenvalue weighted by Crippen LogP contribution is 2.48. The van der Waals surface area contributed by atoms with Gasteiger partial charge in [-0.3, -0.25) is 9.59 Å². The van der Waals surface area contributed by atoms with Crippen molar-refractivity contribution in [1.29, 1.82) is 0 Å². The van der Waals surface area contributed by atoms with Gasteiger partial charge >= 0.3 is 0 Å². The van der Waals surface area contributed by atoms with E-state index < -0.39 is 5.41 Å². The fourth-order valence-electron chi connectivity index (χ4n) is 4.19. The van der Waals surface area contributed by atoms with Gasteiger partial charge in [-0.05, 0) is 49.2 Å². The molecule has 0 radical (unpaired) electrons. The number of nitrogens with two attached hydrogens (primary N) is 1. The van der Waals surface area contributed by atoms with Crippen LogP contribution in [-0.2, 0) is 9.53 Å². The summed E-state index contributed by atoms with van der Waals surface area (Å²) in [4.78, 5) is 28.8. The Morgan fingerprint density at radius 3 is 2.50 bits per heavy atom. The molecule has 3 aromatic rings. The minimum absolute atomic E-state index is 0.279. The molecule has 1 aromatic heterocycles. The average Bonchev–Trinajstić information content (AvgIpc) is 3.58. The van der Waals surface area contributed by atoms with Crippen LogP contribution in [0.4, 0.5) is 17.2 Å². The van der Waals surface area contributed by atoms with Gasteiger partial charge in [-0.15, -0.1) is 5.10 Å². The Balaban J connectivity index is 1.44. The van der Waals surface area contributed by atoms with Crippen LogP contribution in [-0.4, -0.2) is 55.0 Å². The molecule has 2 heterocycles. The Hall–Kier alpha value is -3.59. The maximum atomic E-state index is 13.5. The number of anilines is 3. The molecule has 0 bridgehead atoms. The van der Waals surface area contributed by atoms with Crippen molar-refractivity contribution in [2.45, 2.75) is 12.8 Å². The Morgan fingerprint density at radius 1 is 1.12 bits per heavy atom. The molecular weight excluding hydrogens is 410 g/mol. The van der Waals surface area contributed by atoms with Gasteiger partial charge in [0.05, 0.1) is 36.9 Å². The molecule has 1 aliphatic carbocycles. The maximum absolute atomic E-state index is 13.5. The zero-order valence-electron chi connectivity index (χ0n) is 17.8. The number of fused-ring (bicyclic) bond motifs is 1. The third-order valence-electron chi connectivity index (χ3n) is 6.20. The van der Waals surface area contributed by atoms with E-state index >= 15 is 0 Å². The van der Waals surface area contributed by atoms with Crippen LogP contribution in [0.15, 0.2) is 42.5 Å². The zero-order valence-corrected chi connectivity index (χ0v) is 17.8. The van der Waals surface area contributed by atoms with E-state index in [2.05, 4.69) is 15.3 Å². The fraction of sp³-hybridized carbons (Fsp3) is 0.348. The number of ether oxygens (including phenoxy) is 2. The van der Waals surface area contributed by atoms with Gasteiger partial charge in [-0.2, -0.15) is 4.68 Å². The Kier molecular flexibility index (Phi) is 4.97. The number of carbonyl (C=O) groups excluding carboxylic acids is 2.